The highest BCUT2D eigenvalue weighted by Crippen LogP contribution is 2.43. The van der Waals surface area contributed by atoms with Crippen LogP contribution in [0.25, 0.3) is 0 Å². The van der Waals surface area contributed by atoms with E-state index in [0.717, 1.165) is 47.6 Å². The predicted octanol–water partition coefficient (Wildman–Crippen LogP) is 3.56. The van der Waals surface area contributed by atoms with Crippen molar-refractivity contribution in [2.75, 3.05) is 16.3 Å². The number of pyridine rings is 1. The number of anilines is 3. The van der Waals surface area contributed by atoms with Gasteiger partial charge < -0.3 is 10.0 Å². The largest absolute Gasteiger partial charge is 0.387 e. The number of hydrogen-bond donors (Lipinski definition) is 1. The van der Waals surface area contributed by atoms with E-state index in [0.29, 0.717) is 23.2 Å². The molecule has 2 amide bonds. The summed E-state index contributed by atoms with van der Waals surface area (Å²) in [4.78, 5) is 33.5. The number of amides is 2. The van der Waals surface area contributed by atoms with Crippen molar-refractivity contribution in [2.45, 2.75) is 25.4 Å². The van der Waals surface area contributed by atoms with Crippen molar-refractivity contribution in [1.82, 2.24) is 4.98 Å². The lowest BCUT2D eigenvalue weighted by atomic mass is 10.1. The minimum Gasteiger partial charge on any atom is -0.387 e. The Balaban J connectivity index is 1.37. The summed E-state index contributed by atoms with van der Waals surface area (Å²) < 4.78 is 0. The minimum atomic E-state index is -0.488. The molecule has 1 aromatic heterocycles. The van der Waals surface area contributed by atoms with E-state index >= 15 is 0 Å². The molecule has 0 spiro atoms. The minimum absolute atomic E-state index is 0.272. The number of nitrogens with zero attached hydrogens (tertiary/aromatic N) is 3. The van der Waals surface area contributed by atoms with E-state index in [2.05, 4.69) is 9.88 Å². The maximum atomic E-state index is 12.8. The quantitative estimate of drug-likeness (QED) is 0.670. The van der Waals surface area contributed by atoms with Crippen LogP contribution in [-0.2, 0) is 12.8 Å². The first-order chi connectivity index (χ1) is 14.6. The van der Waals surface area contributed by atoms with Crippen molar-refractivity contribution >= 4 is 28.9 Å². The number of imide groups is 1. The van der Waals surface area contributed by atoms with Crippen LogP contribution >= 0.6 is 0 Å². The molecular formula is C24H19N3O3. The zero-order valence-electron chi connectivity index (χ0n) is 16.2. The van der Waals surface area contributed by atoms with Gasteiger partial charge in [0.25, 0.3) is 11.8 Å². The maximum Gasteiger partial charge on any atom is 0.266 e. The molecule has 0 bridgehead atoms. The molecule has 6 nitrogen and oxygen atoms in total. The smallest absolute Gasteiger partial charge is 0.266 e. The van der Waals surface area contributed by atoms with Gasteiger partial charge >= 0.3 is 0 Å². The fourth-order valence-electron chi connectivity index (χ4n) is 4.91. The summed E-state index contributed by atoms with van der Waals surface area (Å²) in [5.74, 6) is -0.544. The number of benzene rings is 2. The van der Waals surface area contributed by atoms with Gasteiger partial charge in [-0.3, -0.25) is 14.6 Å². The third kappa shape index (κ3) is 2.31. The molecule has 3 heterocycles. The van der Waals surface area contributed by atoms with Gasteiger partial charge in [0.1, 0.15) is 0 Å². The van der Waals surface area contributed by atoms with E-state index in [1.54, 1.807) is 30.5 Å². The molecule has 0 saturated carbocycles. The van der Waals surface area contributed by atoms with Crippen molar-refractivity contribution in [2.24, 2.45) is 0 Å². The van der Waals surface area contributed by atoms with Crippen LogP contribution in [0.3, 0.4) is 0 Å². The first-order valence-electron chi connectivity index (χ1n) is 10.2. The molecule has 1 atom stereocenters. The summed E-state index contributed by atoms with van der Waals surface area (Å²) in [5, 5.41) is 10.2. The Morgan fingerprint density at radius 1 is 0.933 bits per heavy atom. The first-order valence-corrected chi connectivity index (χ1v) is 10.2. The Labute approximate surface area is 173 Å². The highest BCUT2D eigenvalue weighted by Gasteiger charge is 2.37. The van der Waals surface area contributed by atoms with Crippen molar-refractivity contribution in [3.8, 4) is 0 Å². The zero-order chi connectivity index (χ0) is 20.4. The average Bonchev–Trinajstić information content (AvgIpc) is 3.43. The monoisotopic (exact) mass is 397 g/mol. The van der Waals surface area contributed by atoms with Gasteiger partial charge in [-0.15, -0.1) is 0 Å². The molecule has 3 aromatic rings. The third-order valence-corrected chi connectivity index (χ3v) is 6.35. The second-order valence-electron chi connectivity index (χ2n) is 7.95. The number of aliphatic hydroxyl groups is 1. The second-order valence-corrected chi connectivity index (χ2v) is 7.95. The van der Waals surface area contributed by atoms with E-state index in [9.17, 15) is 14.7 Å². The van der Waals surface area contributed by atoms with E-state index in [1.807, 2.05) is 24.3 Å². The van der Waals surface area contributed by atoms with Gasteiger partial charge in [0, 0.05) is 29.7 Å². The van der Waals surface area contributed by atoms with Crippen LogP contribution in [0.15, 0.2) is 54.7 Å². The number of carbonyl (C=O) groups is 2. The van der Waals surface area contributed by atoms with Crippen LogP contribution in [0.1, 0.15) is 50.1 Å². The summed E-state index contributed by atoms with van der Waals surface area (Å²) in [5.41, 5.74) is 6.68. The molecule has 0 radical (unpaired) electrons. The molecule has 2 aliphatic heterocycles. The average molecular weight is 397 g/mol. The number of aliphatic hydroxyl groups excluding tert-OH is 1. The van der Waals surface area contributed by atoms with Crippen LogP contribution in [0.5, 0.6) is 0 Å². The van der Waals surface area contributed by atoms with Gasteiger partial charge in [0.15, 0.2) is 0 Å². The number of carbonyl (C=O) groups excluding carboxylic acids is 2. The van der Waals surface area contributed by atoms with Gasteiger partial charge in [0.2, 0.25) is 0 Å². The standard InChI is InChI=1S/C24H19N3O3/c28-21-8-6-18-20(9-11-25-22(18)21)26-12-10-14-13-15(5-7-19(14)26)27-23(29)16-3-1-2-4-17(16)24(27)30/h1-5,7,9,11,13,21,28H,6,8,10,12H2. The molecule has 2 aromatic carbocycles. The number of fused-ring (bicyclic) bond motifs is 3. The predicted molar refractivity (Wildman–Crippen MR) is 112 cm³/mol. The van der Waals surface area contributed by atoms with Crippen molar-refractivity contribution < 1.29 is 14.7 Å². The molecular weight excluding hydrogens is 378 g/mol. The lowest BCUT2D eigenvalue weighted by Gasteiger charge is -2.23. The van der Waals surface area contributed by atoms with Crippen molar-refractivity contribution in [3.63, 3.8) is 0 Å². The molecule has 6 rings (SSSR count). The molecule has 1 unspecified atom stereocenters. The van der Waals surface area contributed by atoms with Gasteiger partial charge in [-0.2, -0.15) is 0 Å². The second kappa shape index (κ2) is 6.24. The van der Waals surface area contributed by atoms with Crippen LogP contribution in [-0.4, -0.2) is 28.4 Å². The summed E-state index contributed by atoms with van der Waals surface area (Å²) in [7, 11) is 0. The Bertz CT molecular complexity index is 1200. The maximum absolute atomic E-state index is 12.8. The van der Waals surface area contributed by atoms with Gasteiger partial charge in [-0.1, -0.05) is 12.1 Å². The first kappa shape index (κ1) is 17.4. The summed E-state index contributed by atoms with van der Waals surface area (Å²) in [6.45, 7) is 0.813. The zero-order valence-corrected chi connectivity index (χ0v) is 16.2. The Morgan fingerprint density at radius 2 is 1.70 bits per heavy atom. The molecule has 0 saturated heterocycles. The number of aromatic nitrogens is 1. The topological polar surface area (TPSA) is 73.7 Å². The Hall–Kier alpha value is -3.51. The van der Waals surface area contributed by atoms with E-state index < -0.39 is 6.10 Å². The van der Waals surface area contributed by atoms with Crippen LogP contribution in [0.2, 0.25) is 0 Å². The lowest BCUT2D eigenvalue weighted by molar-refractivity contribution is 0.0926. The SMILES string of the molecule is O=C1c2ccccc2C(=O)N1c1ccc2c(c1)CCN2c1ccnc2c1CCC2O. The number of hydrogen-bond acceptors (Lipinski definition) is 5. The highest BCUT2D eigenvalue weighted by atomic mass is 16.3. The molecule has 3 aliphatic rings. The lowest BCUT2D eigenvalue weighted by Crippen LogP contribution is -2.29. The van der Waals surface area contributed by atoms with Gasteiger partial charge in [0.05, 0.1) is 28.6 Å². The van der Waals surface area contributed by atoms with E-state index in [4.69, 9.17) is 0 Å². The van der Waals surface area contributed by atoms with Crippen molar-refractivity contribution in [1.29, 1.82) is 0 Å². The Kier molecular flexibility index (Phi) is 3.61. The third-order valence-electron chi connectivity index (χ3n) is 6.35. The fourth-order valence-corrected chi connectivity index (χ4v) is 4.91. The Morgan fingerprint density at radius 3 is 2.47 bits per heavy atom. The molecule has 148 valence electrons. The summed E-state index contributed by atoms with van der Waals surface area (Å²) >= 11 is 0. The van der Waals surface area contributed by atoms with E-state index in [1.165, 1.54) is 4.90 Å². The van der Waals surface area contributed by atoms with Gasteiger partial charge in [-0.05, 0) is 61.2 Å². The van der Waals surface area contributed by atoms with Crippen LogP contribution in [0, 0.1) is 0 Å². The van der Waals surface area contributed by atoms with Crippen molar-refractivity contribution in [3.05, 3.63) is 82.7 Å². The normalized spacial score (nSPS) is 19.3. The summed E-state index contributed by atoms with van der Waals surface area (Å²) in [6.07, 6.45) is 3.62. The fraction of sp³-hybridized carbons (Fsp3) is 0.208. The van der Waals surface area contributed by atoms with Crippen LogP contribution in [0.4, 0.5) is 17.1 Å². The highest BCUT2D eigenvalue weighted by molar-refractivity contribution is 6.34. The van der Waals surface area contributed by atoms with Gasteiger partial charge in [-0.25, -0.2) is 4.90 Å². The van der Waals surface area contributed by atoms with Crippen LogP contribution < -0.4 is 9.80 Å². The number of rotatable bonds is 2. The molecule has 30 heavy (non-hydrogen) atoms. The summed E-state index contributed by atoms with van der Waals surface area (Å²) in [6, 6.07) is 14.7. The molecule has 0 fully saturated rings. The molecule has 6 heteroatoms. The molecule has 1 N–H and O–H groups in total. The van der Waals surface area contributed by atoms with E-state index in [-0.39, 0.29) is 11.8 Å². The molecule has 1 aliphatic carbocycles.